The quantitative estimate of drug-likeness (QED) is 0.717. The highest BCUT2D eigenvalue weighted by Crippen LogP contribution is 2.20. The summed E-state index contributed by atoms with van der Waals surface area (Å²) in [6.45, 7) is 1.89. The largest absolute Gasteiger partial charge is 0.479 e. The lowest BCUT2D eigenvalue weighted by Gasteiger charge is -2.08. The molecule has 1 heterocycles. The molecule has 1 aromatic heterocycles. The maximum Gasteiger partial charge on any atom is 0.305 e. The number of methoxy groups -OCH3 is 1. The van der Waals surface area contributed by atoms with Crippen LogP contribution in [0.3, 0.4) is 0 Å². The van der Waals surface area contributed by atoms with Crippen LogP contribution in [0.15, 0.2) is 6.20 Å². The zero-order valence-corrected chi connectivity index (χ0v) is 11.0. The van der Waals surface area contributed by atoms with Gasteiger partial charge in [-0.05, 0) is 6.42 Å². The summed E-state index contributed by atoms with van der Waals surface area (Å²) in [5.74, 6) is -2.26. The Morgan fingerprint density at radius 3 is 2.79 bits per heavy atom. The highest BCUT2D eigenvalue weighted by Gasteiger charge is 2.16. The van der Waals surface area contributed by atoms with E-state index in [1.165, 1.54) is 7.11 Å². The highest BCUT2D eigenvalue weighted by molar-refractivity contribution is 5.69. The first-order valence-electron chi connectivity index (χ1n) is 6.12. The molecule has 0 N–H and O–H groups in total. The number of unbranched alkanes of at least 4 members (excludes halogenated alkanes) is 1. The molecule has 0 amide bonds. The average Bonchev–Trinajstić information content (AvgIpc) is 2.40. The Morgan fingerprint density at radius 2 is 2.16 bits per heavy atom. The molecule has 0 fully saturated rings. The number of halogens is 2. The van der Waals surface area contributed by atoms with Crippen LogP contribution in [0.25, 0.3) is 0 Å². The number of aromatic nitrogens is 1. The Bertz CT molecular complexity index is 438. The lowest BCUT2D eigenvalue weighted by Crippen LogP contribution is -2.10. The number of carbonyl (C=O) groups is 1. The van der Waals surface area contributed by atoms with Crippen molar-refractivity contribution >= 4 is 5.97 Å². The molecular formula is C13H17F2NO3. The number of ether oxygens (including phenoxy) is 2. The lowest BCUT2D eigenvalue weighted by atomic mass is 10.2. The van der Waals surface area contributed by atoms with Gasteiger partial charge in [0.15, 0.2) is 5.82 Å². The topological polar surface area (TPSA) is 48.4 Å². The SMILES string of the molecule is CCCCC(=O)OCCc1c(F)cnc(OC)c1F. The molecule has 0 atom stereocenters. The van der Waals surface area contributed by atoms with E-state index < -0.39 is 11.6 Å². The predicted molar refractivity (Wildman–Crippen MR) is 64.9 cm³/mol. The molecule has 19 heavy (non-hydrogen) atoms. The summed E-state index contributed by atoms with van der Waals surface area (Å²) in [6.07, 6.45) is 2.79. The molecule has 6 heteroatoms. The Balaban J connectivity index is 2.56. The molecule has 0 aromatic carbocycles. The highest BCUT2D eigenvalue weighted by atomic mass is 19.1. The minimum Gasteiger partial charge on any atom is -0.479 e. The first kappa shape index (κ1) is 15.3. The van der Waals surface area contributed by atoms with Crippen molar-refractivity contribution in [3.05, 3.63) is 23.4 Å². The van der Waals surface area contributed by atoms with Crippen molar-refractivity contribution in [2.45, 2.75) is 32.6 Å². The normalized spacial score (nSPS) is 10.3. The van der Waals surface area contributed by atoms with Gasteiger partial charge in [0.2, 0.25) is 0 Å². The molecule has 0 aliphatic heterocycles. The smallest absolute Gasteiger partial charge is 0.305 e. The zero-order chi connectivity index (χ0) is 14.3. The second-order valence-electron chi connectivity index (χ2n) is 3.98. The maximum atomic E-state index is 13.7. The summed E-state index contributed by atoms with van der Waals surface area (Å²) < 4.78 is 36.6. The number of pyridine rings is 1. The van der Waals surface area contributed by atoms with Gasteiger partial charge in [-0.3, -0.25) is 4.79 Å². The molecule has 0 aliphatic carbocycles. The van der Waals surface area contributed by atoms with E-state index >= 15 is 0 Å². The van der Waals surface area contributed by atoms with E-state index in [4.69, 9.17) is 4.74 Å². The molecule has 106 valence electrons. The van der Waals surface area contributed by atoms with Gasteiger partial charge in [0.25, 0.3) is 5.88 Å². The minimum absolute atomic E-state index is 0.0472. The van der Waals surface area contributed by atoms with Crippen LogP contribution in [0.5, 0.6) is 5.88 Å². The summed E-state index contributed by atoms with van der Waals surface area (Å²) in [5.41, 5.74) is -0.185. The molecule has 0 aliphatic rings. The Hall–Kier alpha value is -1.72. The van der Waals surface area contributed by atoms with E-state index in [-0.39, 0.29) is 30.4 Å². The van der Waals surface area contributed by atoms with Crippen LogP contribution in [-0.4, -0.2) is 24.7 Å². The molecule has 0 saturated heterocycles. The predicted octanol–water partition coefficient (Wildman–Crippen LogP) is 2.64. The number of hydrogen-bond donors (Lipinski definition) is 0. The fourth-order valence-corrected chi connectivity index (χ4v) is 1.52. The van der Waals surface area contributed by atoms with Crippen molar-refractivity contribution in [1.82, 2.24) is 4.98 Å². The van der Waals surface area contributed by atoms with Crippen LogP contribution in [0.1, 0.15) is 31.7 Å². The van der Waals surface area contributed by atoms with E-state index in [2.05, 4.69) is 9.72 Å². The van der Waals surface area contributed by atoms with Gasteiger partial charge in [0, 0.05) is 18.4 Å². The lowest BCUT2D eigenvalue weighted by molar-refractivity contribution is -0.143. The summed E-state index contributed by atoms with van der Waals surface area (Å²) in [7, 11) is 1.25. The first-order valence-corrected chi connectivity index (χ1v) is 6.12. The van der Waals surface area contributed by atoms with Crippen molar-refractivity contribution in [3.8, 4) is 5.88 Å². The van der Waals surface area contributed by atoms with Crippen molar-refractivity contribution in [2.24, 2.45) is 0 Å². The van der Waals surface area contributed by atoms with Crippen molar-refractivity contribution in [2.75, 3.05) is 13.7 Å². The molecule has 1 aromatic rings. The molecule has 4 nitrogen and oxygen atoms in total. The second kappa shape index (κ2) is 7.66. The number of carbonyl (C=O) groups excluding carboxylic acids is 1. The Kier molecular flexibility index (Phi) is 6.18. The molecule has 0 radical (unpaired) electrons. The van der Waals surface area contributed by atoms with Crippen LogP contribution in [0.2, 0.25) is 0 Å². The van der Waals surface area contributed by atoms with E-state index in [0.717, 1.165) is 19.0 Å². The summed E-state index contributed by atoms with van der Waals surface area (Å²) >= 11 is 0. The van der Waals surface area contributed by atoms with E-state index in [0.29, 0.717) is 6.42 Å². The van der Waals surface area contributed by atoms with Crippen LogP contribution in [-0.2, 0) is 16.0 Å². The number of nitrogens with zero attached hydrogens (tertiary/aromatic N) is 1. The Labute approximate surface area is 110 Å². The van der Waals surface area contributed by atoms with Crippen molar-refractivity contribution in [1.29, 1.82) is 0 Å². The zero-order valence-electron chi connectivity index (χ0n) is 11.0. The van der Waals surface area contributed by atoms with Crippen LogP contribution in [0, 0.1) is 11.6 Å². The van der Waals surface area contributed by atoms with Gasteiger partial charge in [-0.25, -0.2) is 13.8 Å². The maximum absolute atomic E-state index is 13.7. The van der Waals surface area contributed by atoms with Gasteiger partial charge in [-0.1, -0.05) is 13.3 Å². The van der Waals surface area contributed by atoms with Crippen LogP contribution >= 0.6 is 0 Å². The summed E-state index contributed by atoms with van der Waals surface area (Å²) in [4.78, 5) is 14.7. The van der Waals surface area contributed by atoms with Crippen molar-refractivity contribution in [3.63, 3.8) is 0 Å². The Morgan fingerprint density at radius 1 is 1.42 bits per heavy atom. The van der Waals surface area contributed by atoms with Crippen LogP contribution < -0.4 is 4.74 Å². The first-order chi connectivity index (χ1) is 9.10. The average molecular weight is 273 g/mol. The third kappa shape index (κ3) is 4.46. The van der Waals surface area contributed by atoms with E-state index in [9.17, 15) is 13.6 Å². The van der Waals surface area contributed by atoms with Gasteiger partial charge in [-0.2, -0.15) is 0 Å². The van der Waals surface area contributed by atoms with E-state index in [1.807, 2.05) is 6.92 Å². The number of hydrogen-bond acceptors (Lipinski definition) is 4. The van der Waals surface area contributed by atoms with Gasteiger partial charge >= 0.3 is 5.97 Å². The molecule has 0 unspecified atom stereocenters. The van der Waals surface area contributed by atoms with Crippen molar-refractivity contribution < 1.29 is 23.0 Å². The van der Waals surface area contributed by atoms with Crippen LogP contribution in [0.4, 0.5) is 8.78 Å². The molecule has 0 spiro atoms. The van der Waals surface area contributed by atoms with Gasteiger partial charge in [-0.15, -0.1) is 0 Å². The standard InChI is InChI=1S/C13H17F2NO3/c1-3-4-5-11(17)19-7-6-9-10(14)8-16-13(18-2)12(9)15/h8H,3-7H2,1-2H3. The number of rotatable bonds is 7. The minimum atomic E-state index is -0.855. The van der Waals surface area contributed by atoms with Gasteiger partial charge < -0.3 is 9.47 Å². The monoisotopic (exact) mass is 273 g/mol. The number of esters is 1. The summed E-state index contributed by atoms with van der Waals surface area (Å²) in [6, 6.07) is 0. The molecule has 0 saturated carbocycles. The van der Waals surface area contributed by atoms with E-state index in [1.54, 1.807) is 0 Å². The summed E-state index contributed by atoms with van der Waals surface area (Å²) in [5, 5.41) is 0. The molecule has 0 bridgehead atoms. The van der Waals surface area contributed by atoms with Gasteiger partial charge in [0.1, 0.15) is 5.82 Å². The third-order valence-electron chi connectivity index (χ3n) is 2.58. The molecular weight excluding hydrogens is 256 g/mol. The van der Waals surface area contributed by atoms with Gasteiger partial charge in [0.05, 0.1) is 19.9 Å². The third-order valence-corrected chi connectivity index (χ3v) is 2.58. The fourth-order valence-electron chi connectivity index (χ4n) is 1.52. The second-order valence-corrected chi connectivity index (χ2v) is 3.98. The fraction of sp³-hybridized carbons (Fsp3) is 0.538. The molecule has 1 rings (SSSR count).